The van der Waals surface area contributed by atoms with Gasteiger partial charge < -0.3 is 9.47 Å². The monoisotopic (exact) mass is 242 g/mol. The summed E-state index contributed by atoms with van der Waals surface area (Å²) in [7, 11) is 3.39. The van der Waals surface area contributed by atoms with Gasteiger partial charge in [-0.25, -0.2) is 0 Å². The van der Waals surface area contributed by atoms with Crippen molar-refractivity contribution in [3.8, 4) is 22.6 Å². The average molecular weight is 242 g/mol. The quantitative estimate of drug-likeness (QED) is 0.810. The van der Waals surface area contributed by atoms with Crippen molar-refractivity contribution in [2.45, 2.75) is 13.8 Å². The van der Waals surface area contributed by atoms with Crippen molar-refractivity contribution in [2.75, 3.05) is 14.2 Å². The van der Waals surface area contributed by atoms with Crippen molar-refractivity contribution in [3.05, 3.63) is 47.5 Å². The molecule has 0 radical (unpaired) electrons. The van der Waals surface area contributed by atoms with E-state index < -0.39 is 0 Å². The Kier molecular flexibility index (Phi) is 3.56. The minimum atomic E-state index is 0.909. The van der Waals surface area contributed by atoms with Crippen molar-refractivity contribution in [3.63, 3.8) is 0 Å². The summed E-state index contributed by atoms with van der Waals surface area (Å²) < 4.78 is 10.7. The van der Waals surface area contributed by atoms with Gasteiger partial charge in [0.05, 0.1) is 14.2 Å². The number of rotatable bonds is 3. The van der Waals surface area contributed by atoms with E-state index in [2.05, 4.69) is 36.4 Å². The highest BCUT2D eigenvalue weighted by atomic mass is 16.5. The van der Waals surface area contributed by atoms with Gasteiger partial charge in [-0.1, -0.05) is 24.3 Å². The Bertz CT molecular complexity index is 508. The van der Waals surface area contributed by atoms with Crippen LogP contribution in [0.2, 0.25) is 0 Å². The summed E-state index contributed by atoms with van der Waals surface area (Å²) in [5.74, 6) is 1.82. The number of aryl methyl sites for hydroxylation is 2. The maximum Gasteiger partial charge on any atom is 0.122 e. The highest BCUT2D eigenvalue weighted by Gasteiger charge is 2.05. The van der Waals surface area contributed by atoms with Gasteiger partial charge >= 0.3 is 0 Å². The first-order chi connectivity index (χ1) is 8.65. The van der Waals surface area contributed by atoms with Crippen molar-refractivity contribution in [2.24, 2.45) is 0 Å². The summed E-state index contributed by atoms with van der Waals surface area (Å²) in [6.07, 6.45) is 0. The lowest BCUT2D eigenvalue weighted by Gasteiger charge is -2.10. The zero-order valence-corrected chi connectivity index (χ0v) is 11.3. The number of ether oxygens (including phenoxy) is 2. The molecule has 0 saturated carbocycles. The second-order valence-corrected chi connectivity index (χ2v) is 4.37. The second kappa shape index (κ2) is 5.13. The van der Waals surface area contributed by atoms with Crippen LogP contribution in [0.15, 0.2) is 36.4 Å². The fourth-order valence-corrected chi connectivity index (χ4v) is 2.00. The molecule has 2 aromatic rings. The predicted molar refractivity (Wildman–Crippen MR) is 74.5 cm³/mol. The van der Waals surface area contributed by atoms with Gasteiger partial charge in [0.25, 0.3) is 0 Å². The van der Waals surface area contributed by atoms with E-state index in [1.54, 1.807) is 14.2 Å². The fraction of sp³-hybridized carbons (Fsp3) is 0.250. The summed E-state index contributed by atoms with van der Waals surface area (Å²) in [4.78, 5) is 0. The van der Waals surface area contributed by atoms with Crippen LogP contribution in [0, 0.1) is 13.8 Å². The number of methoxy groups -OCH3 is 2. The molecule has 2 rings (SSSR count). The van der Waals surface area contributed by atoms with Gasteiger partial charge in [-0.05, 0) is 48.2 Å². The Hall–Kier alpha value is -1.96. The summed E-state index contributed by atoms with van der Waals surface area (Å²) in [5.41, 5.74) is 4.55. The molecule has 0 fully saturated rings. The van der Waals surface area contributed by atoms with Gasteiger partial charge in [-0.2, -0.15) is 0 Å². The van der Waals surface area contributed by atoms with Crippen LogP contribution in [0.5, 0.6) is 11.5 Å². The normalized spacial score (nSPS) is 10.2. The lowest BCUT2D eigenvalue weighted by molar-refractivity contribution is 0.411. The molecule has 0 saturated heterocycles. The van der Waals surface area contributed by atoms with Crippen molar-refractivity contribution >= 4 is 0 Å². The molecule has 0 aromatic heterocycles. The number of hydrogen-bond donors (Lipinski definition) is 0. The van der Waals surface area contributed by atoms with Crippen molar-refractivity contribution in [1.82, 2.24) is 0 Å². The first-order valence-electron chi connectivity index (χ1n) is 5.95. The van der Waals surface area contributed by atoms with Crippen LogP contribution < -0.4 is 9.47 Å². The van der Waals surface area contributed by atoms with Gasteiger partial charge in [0, 0.05) is 0 Å². The van der Waals surface area contributed by atoms with Gasteiger partial charge in [0.1, 0.15) is 11.5 Å². The fourth-order valence-electron chi connectivity index (χ4n) is 2.00. The summed E-state index contributed by atoms with van der Waals surface area (Å²) in [6.45, 7) is 4.08. The highest BCUT2D eigenvalue weighted by Crippen LogP contribution is 2.30. The molecule has 0 heterocycles. The van der Waals surface area contributed by atoms with E-state index in [4.69, 9.17) is 9.47 Å². The van der Waals surface area contributed by atoms with Crippen molar-refractivity contribution in [1.29, 1.82) is 0 Å². The molecular weight excluding hydrogens is 224 g/mol. The van der Waals surface area contributed by atoms with Gasteiger partial charge in [-0.15, -0.1) is 0 Å². The maximum absolute atomic E-state index is 5.36. The number of hydrogen-bond acceptors (Lipinski definition) is 2. The third-order valence-electron chi connectivity index (χ3n) is 3.15. The van der Waals surface area contributed by atoms with E-state index in [0.717, 1.165) is 33.8 Å². The van der Waals surface area contributed by atoms with Gasteiger partial charge in [0.15, 0.2) is 0 Å². The lowest BCUT2D eigenvalue weighted by atomic mass is 10.0. The molecule has 94 valence electrons. The smallest absolute Gasteiger partial charge is 0.122 e. The predicted octanol–water partition coefficient (Wildman–Crippen LogP) is 3.99. The van der Waals surface area contributed by atoms with E-state index in [1.165, 1.54) is 0 Å². The van der Waals surface area contributed by atoms with Crippen LogP contribution in [0.1, 0.15) is 11.1 Å². The zero-order chi connectivity index (χ0) is 13.1. The minimum Gasteiger partial charge on any atom is -0.496 e. The molecule has 2 aromatic carbocycles. The average Bonchev–Trinajstić information content (AvgIpc) is 2.40. The molecule has 0 spiro atoms. The Morgan fingerprint density at radius 3 is 1.39 bits per heavy atom. The Morgan fingerprint density at radius 2 is 1.06 bits per heavy atom. The largest absolute Gasteiger partial charge is 0.496 e. The molecule has 0 aliphatic heterocycles. The van der Waals surface area contributed by atoms with E-state index in [0.29, 0.717) is 0 Å². The summed E-state index contributed by atoms with van der Waals surface area (Å²) >= 11 is 0. The topological polar surface area (TPSA) is 18.5 Å². The third kappa shape index (κ3) is 2.33. The van der Waals surface area contributed by atoms with Crippen molar-refractivity contribution < 1.29 is 9.47 Å². The molecule has 0 aliphatic rings. The van der Waals surface area contributed by atoms with Crippen LogP contribution >= 0.6 is 0 Å². The van der Waals surface area contributed by atoms with E-state index in [9.17, 15) is 0 Å². The van der Waals surface area contributed by atoms with E-state index in [-0.39, 0.29) is 0 Å². The summed E-state index contributed by atoms with van der Waals surface area (Å²) in [6, 6.07) is 12.4. The van der Waals surface area contributed by atoms with Crippen LogP contribution in [-0.2, 0) is 0 Å². The zero-order valence-electron chi connectivity index (χ0n) is 11.3. The Labute approximate surface area is 108 Å². The lowest BCUT2D eigenvalue weighted by Crippen LogP contribution is -1.90. The Balaban J connectivity index is 2.48. The molecule has 0 bridgehead atoms. The summed E-state index contributed by atoms with van der Waals surface area (Å²) in [5, 5.41) is 0. The van der Waals surface area contributed by atoms with Gasteiger partial charge in [-0.3, -0.25) is 0 Å². The van der Waals surface area contributed by atoms with Crippen LogP contribution in [0.3, 0.4) is 0 Å². The first-order valence-corrected chi connectivity index (χ1v) is 5.95. The number of benzene rings is 2. The molecule has 0 aliphatic carbocycles. The molecule has 0 amide bonds. The molecule has 2 heteroatoms. The molecule has 0 atom stereocenters. The molecule has 2 nitrogen and oxygen atoms in total. The maximum atomic E-state index is 5.36. The van der Waals surface area contributed by atoms with Crippen LogP contribution in [0.25, 0.3) is 11.1 Å². The molecular formula is C16H18O2. The second-order valence-electron chi connectivity index (χ2n) is 4.37. The first kappa shape index (κ1) is 12.5. The SMILES string of the molecule is COc1cc(-c2ccc(C)c(OC)c2)ccc1C. The van der Waals surface area contributed by atoms with Crippen LogP contribution in [0.4, 0.5) is 0 Å². The van der Waals surface area contributed by atoms with E-state index in [1.807, 2.05) is 13.8 Å². The standard InChI is InChI=1S/C16H18O2/c1-11-5-7-13(9-15(11)17-3)14-8-6-12(2)16(10-14)18-4/h5-10H,1-4H3. The van der Waals surface area contributed by atoms with Gasteiger partial charge in [0.2, 0.25) is 0 Å². The Morgan fingerprint density at radius 1 is 0.667 bits per heavy atom. The van der Waals surface area contributed by atoms with Crippen LogP contribution in [-0.4, -0.2) is 14.2 Å². The third-order valence-corrected chi connectivity index (χ3v) is 3.15. The van der Waals surface area contributed by atoms with E-state index >= 15 is 0 Å². The molecule has 18 heavy (non-hydrogen) atoms. The minimum absolute atomic E-state index is 0.909. The highest BCUT2D eigenvalue weighted by molar-refractivity contribution is 5.68. The molecule has 0 unspecified atom stereocenters. The molecule has 0 N–H and O–H groups in total.